The van der Waals surface area contributed by atoms with Gasteiger partial charge in [-0.15, -0.1) is 0 Å². The van der Waals surface area contributed by atoms with Crippen molar-refractivity contribution < 1.29 is 5.11 Å². The van der Waals surface area contributed by atoms with Crippen LogP contribution in [0.5, 0.6) is 0 Å². The summed E-state index contributed by atoms with van der Waals surface area (Å²) in [5.41, 5.74) is 0. The van der Waals surface area contributed by atoms with Gasteiger partial charge in [0.25, 0.3) is 0 Å². The van der Waals surface area contributed by atoms with Crippen LogP contribution in [0.15, 0.2) is 0 Å². The van der Waals surface area contributed by atoms with Gasteiger partial charge in [0.05, 0.1) is 6.61 Å². The molecular weight excluding hydrogens is 194 g/mol. The van der Waals surface area contributed by atoms with Gasteiger partial charge in [0.1, 0.15) is 0 Å². The molecule has 0 amide bonds. The van der Waals surface area contributed by atoms with Gasteiger partial charge >= 0.3 is 0 Å². The van der Waals surface area contributed by atoms with E-state index in [1.54, 1.807) is 0 Å². The maximum atomic E-state index is 8.78. The summed E-state index contributed by atoms with van der Waals surface area (Å²) in [5, 5.41) is 13.2. The Morgan fingerprint density at radius 1 is 1.43 bits per heavy atom. The van der Waals surface area contributed by atoms with Crippen molar-refractivity contribution in [2.75, 3.05) is 18.9 Å². The summed E-state index contributed by atoms with van der Waals surface area (Å²) in [7, 11) is 0. The van der Waals surface area contributed by atoms with Gasteiger partial charge in [0, 0.05) is 17.0 Å². The average Bonchev–Trinajstić information content (AvgIpc) is 2.54. The molecule has 0 bridgehead atoms. The Hall–Kier alpha value is 0.270. The van der Waals surface area contributed by atoms with Crippen LogP contribution in [0.2, 0.25) is 0 Å². The molecule has 1 rings (SSSR count). The quantitative estimate of drug-likeness (QED) is 0.712. The van der Waals surface area contributed by atoms with Crippen LogP contribution in [0.1, 0.15) is 33.1 Å². The smallest absolute Gasteiger partial charge is 0.0521 e. The molecule has 3 unspecified atom stereocenters. The largest absolute Gasteiger partial charge is 0.396 e. The van der Waals surface area contributed by atoms with Crippen molar-refractivity contribution >= 4 is 11.8 Å². The third kappa shape index (κ3) is 3.44. The number of hydrogen-bond acceptors (Lipinski definition) is 3. The number of nitrogens with one attached hydrogen (secondary N) is 1. The number of rotatable bonds is 6. The molecule has 0 radical (unpaired) electrons. The molecule has 0 aromatic heterocycles. The molecule has 1 aliphatic carbocycles. The highest BCUT2D eigenvalue weighted by Gasteiger charge is 2.31. The van der Waals surface area contributed by atoms with Crippen molar-refractivity contribution in [1.82, 2.24) is 5.32 Å². The third-order valence-electron chi connectivity index (χ3n) is 3.06. The fourth-order valence-corrected chi connectivity index (χ4v) is 3.39. The number of aliphatic hydroxyl groups excluding tert-OH is 1. The first kappa shape index (κ1) is 12.3. The van der Waals surface area contributed by atoms with Gasteiger partial charge in [-0.25, -0.2) is 0 Å². The Kier molecular flexibility index (Phi) is 5.90. The van der Waals surface area contributed by atoms with Gasteiger partial charge in [0.2, 0.25) is 0 Å². The van der Waals surface area contributed by atoms with Gasteiger partial charge < -0.3 is 10.4 Å². The lowest BCUT2D eigenvalue weighted by Gasteiger charge is -2.21. The van der Waals surface area contributed by atoms with Gasteiger partial charge in [-0.3, -0.25) is 0 Å². The Balaban J connectivity index is 2.24. The highest BCUT2D eigenvalue weighted by molar-refractivity contribution is 7.99. The zero-order valence-electron chi connectivity index (χ0n) is 9.33. The van der Waals surface area contributed by atoms with E-state index in [2.05, 4.69) is 19.2 Å². The molecule has 14 heavy (non-hydrogen) atoms. The standard InChI is InChI=1S/C11H23NOS/c1-3-6-12-10-4-5-11(9(10)2)14-8-7-13/h9-13H,3-8H2,1-2H3. The lowest BCUT2D eigenvalue weighted by molar-refractivity contribution is 0.322. The second-order valence-electron chi connectivity index (χ2n) is 4.13. The van der Waals surface area contributed by atoms with Crippen LogP contribution < -0.4 is 5.32 Å². The van der Waals surface area contributed by atoms with E-state index in [0.717, 1.165) is 23.5 Å². The molecular formula is C11H23NOS. The second kappa shape index (κ2) is 6.70. The molecule has 0 saturated heterocycles. The molecule has 1 aliphatic rings. The van der Waals surface area contributed by atoms with Crippen LogP contribution in [-0.2, 0) is 0 Å². The summed E-state index contributed by atoms with van der Waals surface area (Å²) >= 11 is 1.94. The van der Waals surface area contributed by atoms with Crippen molar-refractivity contribution in [3.05, 3.63) is 0 Å². The minimum atomic E-state index is 0.320. The van der Waals surface area contributed by atoms with Gasteiger partial charge in [-0.2, -0.15) is 11.8 Å². The van der Waals surface area contributed by atoms with Crippen LogP contribution in [0, 0.1) is 5.92 Å². The van der Waals surface area contributed by atoms with E-state index in [0.29, 0.717) is 12.6 Å². The fourth-order valence-electron chi connectivity index (χ4n) is 2.19. The monoisotopic (exact) mass is 217 g/mol. The van der Waals surface area contributed by atoms with E-state index in [4.69, 9.17) is 5.11 Å². The van der Waals surface area contributed by atoms with Crippen LogP contribution in [0.3, 0.4) is 0 Å². The topological polar surface area (TPSA) is 32.3 Å². The van der Waals surface area contributed by atoms with E-state index in [1.807, 2.05) is 11.8 Å². The molecule has 1 saturated carbocycles. The molecule has 2 nitrogen and oxygen atoms in total. The molecule has 2 N–H and O–H groups in total. The molecule has 0 heterocycles. The summed E-state index contributed by atoms with van der Waals surface area (Å²) in [4.78, 5) is 0. The Morgan fingerprint density at radius 3 is 2.86 bits per heavy atom. The number of hydrogen-bond donors (Lipinski definition) is 2. The van der Waals surface area contributed by atoms with Crippen LogP contribution in [0.25, 0.3) is 0 Å². The minimum absolute atomic E-state index is 0.320. The zero-order valence-corrected chi connectivity index (χ0v) is 10.1. The van der Waals surface area contributed by atoms with E-state index in [9.17, 15) is 0 Å². The highest BCUT2D eigenvalue weighted by Crippen LogP contribution is 2.34. The van der Waals surface area contributed by atoms with Crippen molar-refractivity contribution in [3.8, 4) is 0 Å². The zero-order chi connectivity index (χ0) is 10.4. The molecule has 3 heteroatoms. The molecule has 1 fully saturated rings. The summed E-state index contributed by atoms with van der Waals surface area (Å²) in [5.74, 6) is 1.66. The van der Waals surface area contributed by atoms with E-state index in [1.165, 1.54) is 19.3 Å². The van der Waals surface area contributed by atoms with E-state index in [-0.39, 0.29) is 0 Å². The number of aliphatic hydroxyl groups is 1. The van der Waals surface area contributed by atoms with Gasteiger partial charge in [0.15, 0.2) is 0 Å². The van der Waals surface area contributed by atoms with E-state index < -0.39 is 0 Å². The lowest BCUT2D eigenvalue weighted by Crippen LogP contribution is -2.33. The SMILES string of the molecule is CCCNC1CCC(SCCO)C1C. The molecule has 0 aromatic carbocycles. The van der Waals surface area contributed by atoms with Gasteiger partial charge in [-0.05, 0) is 31.7 Å². The number of thioether (sulfide) groups is 1. The van der Waals surface area contributed by atoms with Crippen molar-refractivity contribution in [2.45, 2.75) is 44.4 Å². The first-order valence-electron chi connectivity index (χ1n) is 5.75. The van der Waals surface area contributed by atoms with Crippen molar-refractivity contribution in [1.29, 1.82) is 0 Å². The molecule has 84 valence electrons. The lowest BCUT2D eigenvalue weighted by atomic mass is 10.1. The Labute approximate surface area is 91.9 Å². The first-order valence-corrected chi connectivity index (χ1v) is 6.80. The summed E-state index contributed by atoms with van der Waals surface area (Å²) in [6.45, 7) is 6.02. The Bertz CT molecular complexity index is 138. The summed E-state index contributed by atoms with van der Waals surface area (Å²) < 4.78 is 0. The summed E-state index contributed by atoms with van der Waals surface area (Å²) in [6.07, 6.45) is 3.84. The fraction of sp³-hybridized carbons (Fsp3) is 1.00. The minimum Gasteiger partial charge on any atom is -0.396 e. The maximum Gasteiger partial charge on any atom is 0.0521 e. The van der Waals surface area contributed by atoms with E-state index >= 15 is 0 Å². The van der Waals surface area contributed by atoms with Crippen LogP contribution in [0.4, 0.5) is 0 Å². The molecule has 0 aromatic rings. The normalized spacial score (nSPS) is 32.4. The summed E-state index contributed by atoms with van der Waals surface area (Å²) in [6, 6.07) is 0.714. The maximum absolute atomic E-state index is 8.78. The Morgan fingerprint density at radius 2 is 2.21 bits per heavy atom. The average molecular weight is 217 g/mol. The third-order valence-corrected chi connectivity index (χ3v) is 4.57. The predicted molar refractivity (Wildman–Crippen MR) is 63.8 cm³/mol. The van der Waals surface area contributed by atoms with Crippen molar-refractivity contribution in [2.24, 2.45) is 5.92 Å². The van der Waals surface area contributed by atoms with Crippen molar-refractivity contribution in [3.63, 3.8) is 0 Å². The predicted octanol–water partition coefficient (Wildman–Crippen LogP) is 1.88. The second-order valence-corrected chi connectivity index (χ2v) is 5.48. The molecule has 0 aliphatic heterocycles. The molecule has 3 atom stereocenters. The van der Waals surface area contributed by atoms with Crippen LogP contribution in [-0.4, -0.2) is 35.3 Å². The first-order chi connectivity index (χ1) is 6.79. The highest BCUT2D eigenvalue weighted by atomic mass is 32.2. The van der Waals surface area contributed by atoms with Gasteiger partial charge in [-0.1, -0.05) is 13.8 Å². The van der Waals surface area contributed by atoms with Crippen LogP contribution >= 0.6 is 11.8 Å². The molecule has 0 spiro atoms.